The number of aliphatic imine (C=N–C) groups is 2. The Kier molecular flexibility index (Phi) is 4.00. The highest BCUT2D eigenvalue weighted by molar-refractivity contribution is 6.09. The first-order chi connectivity index (χ1) is 12.2. The van der Waals surface area contributed by atoms with E-state index in [0.29, 0.717) is 5.92 Å². The molecule has 25 heavy (non-hydrogen) atoms. The maximum atomic E-state index is 6.19. The minimum absolute atomic E-state index is 0.112. The van der Waals surface area contributed by atoms with Crippen LogP contribution in [0.15, 0.2) is 65.1 Å². The summed E-state index contributed by atoms with van der Waals surface area (Å²) >= 11 is 0. The van der Waals surface area contributed by atoms with Crippen LogP contribution in [0.4, 0.5) is 0 Å². The van der Waals surface area contributed by atoms with Gasteiger partial charge in [-0.1, -0.05) is 36.9 Å². The monoisotopic (exact) mass is 330 g/mol. The molecule has 126 valence electrons. The molecule has 0 radical (unpaired) electrons. The van der Waals surface area contributed by atoms with Gasteiger partial charge in [-0.25, -0.2) is 4.99 Å². The van der Waals surface area contributed by atoms with Gasteiger partial charge in [-0.05, 0) is 49.1 Å². The van der Waals surface area contributed by atoms with Gasteiger partial charge in [0.15, 0.2) is 6.23 Å². The highest BCUT2D eigenvalue weighted by atomic mass is 16.5. The number of rotatable bonds is 3. The average Bonchev–Trinajstić information content (AvgIpc) is 3.00. The van der Waals surface area contributed by atoms with Crippen LogP contribution in [0.5, 0.6) is 5.75 Å². The Labute approximate surface area is 148 Å². The molecule has 2 unspecified atom stereocenters. The van der Waals surface area contributed by atoms with Crippen LogP contribution in [0, 0.1) is 6.92 Å². The van der Waals surface area contributed by atoms with Crippen molar-refractivity contribution in [2.24, 2.45) is 9.98 Å². The van der Waals surface area contributed by atoms with Gasteiger partial charge in [0.2, 0.25) is 0 Å². The predicted molar refractivity (Wildman–Crippen MR) is 103 cm³/mol. The van der Waals surface area contributed by atoms with Crippen LogP contribution in [0.3, 0.4) is 0 Å². The molecule has 2 aliphatic heterocycles. The zero-order chi connectivity index (χ0) is 17.4. The third kappa shape index (κ3) is 2.70. The molecular formula is C22H22N2O. The Morgan fingerprint density at radius 1 is 1.28 bits per heavy atom. The molecule has 0 N–H and O–H groups in total. The fourth-order valence-electron chi connectivity index (χ4n) is 3.83. The van der Waals surface area contributed by atoms with Crippen molar-refractivity contribution in [1.82, 2.24) is 0 Å². The van der Waals surface area contributed by atoms with Crippen LogP contribution in [-0.4, -0.2) is 24.7 Å². The highest BCUT2D eigenvalue weighted by Crippen LogP contribution is 2.45. The standard InChI is InChI=1S/C22H22N2O/c1-4-19(23-3)17-13-18-16-10-11-20(15-8-6-5-7-9-15)24-22(16)25-21(18)12-14(17)2/h4-9,12-13,16,22H,1,10-11H2,2-3H3. The van der Waals surface area contributed by atoms with Gasteiger partial charge < -0.3 is 4.74 Å². The number of hydrogen-bond acceptors (Lipinski definition) is 3. The summed E-state index contributed by atoms with van der Waals surface area (Å²) < 4.78 is 6.19. The third-order valence-electron chi connectivity index (χ3n) is 5.14. The molecule has 2 heterocycles. The van der Waals surface area contributed by atoms with Gasteiger partial charge in [0.05, 0.1) is 5.71 Å². The largest absolute Gasteiger partial charge is 0.468 e. The number of benzene rings is 2. The quantitative estimate of drug-likeness (QED) is 0.752. The number of nitrogens with zero attached hydrogens (tertiary/aromatic N) is 2. The molecule has 2 aromatic rings. The number of aryl methyl sites for hydroxylation is 1. The first-order valence-electron chi connectivity index (χ1n) is 8.74. The number of ether oxygens (including phenoxy) is 1. The van der Waals surface area contributed by atoms with E-state index in [-0.39, 0.29) is 6.23 Å². The maximum Gasteiger partial charge on any atom is 0.196 e. The van der Waals surface area contributed by atoms with E-state index in [1.54, 1.807) is 7.05 Å². The molecule has 4 rings (SSSR count). The normalized spacial score (nSPS) is 21.8. The first-order valence-corrected chi connectivity index (χ1v) is 8.74. The highest BCUT2D eigenvalue weighted by Gasteiger charge is 2.37. The van der Waals surface area contributed by atoms with Crippen molar-refractivity contribution in [3.8, 4) is 5.75 Å². The summed E-state index contributed by atoms with van der Waals surface area (Å²) in [5.74, 6) is 1.29. The number of fused-ring (bicyclic) bond motifs is 3. The predicted octanol–water partition coefficient (Wildman–Crippen LogP) is 4.69. The van der Waals surface area contributed by atoms with E-state index >= 15 is 0 Å². The first kappa shape index (κ1) is 15.8. The minimum Gasteiger partial charge on any atom is -0.468 e. The van der Waals surface area contributed by atoms with E-state index in [2.05, 4.69) is 54.9 Å². The summed E-state index contributed by atoms with van der Waals surface area (Å²) in [5.41, 5.74) is 6.82. The van der Waals surface area contributed by atoms with Gasteiger partial charge in [0.1, 0.15) is 5.75 Å². The SMILES string of the molecule is C=CC(=NC)c1cc2c(cc1C)OC1N=C(c3ccccc3)CCC21. The summed E-state index contributed by atoms with van der Waals surface area (Å²) in [7, 11) is 1.81. The molecule has 0 spiro atoms. The molecule has 3 heteroatoms. The van der Waals surface area contributed by atoms with Crippen molar-refractivity contribution in [1.29, 1.82) is 0 Å². The van der Waals surface area contributed by atoms with Crippen LogP contribution in [-0.2, 0) is 0 Å². The third-order valence-corrected chi connectivity index (χ3v) is 5.14. The molecule has 2 aliphatic rings. The molecule has 2 aromatic carbocycles. The van der Waals surface area contributed by atoms with Crippen molar-refractivity contribution < 1.29 is 4.74 Å². The van der Waals surface area contributed by atoms with Gasteiger partial charge in [-0.15, -0.1) is 0 Å². The van der Waals surface area contributed by atoms with Gasteiger partial charge in [0.25, 0.3) is 0 Å². The lowest BCUT2D eigenvalue weighted by atomic mass is 9.87. The molecule has 3 nitrogen and oxygen atoms in total. The van der Waals surface area contributed by atoms with Crippen molar-refractivity contribution in [3.63, 3.8) is 0 Å². The molecular weight excluding hydrogens is 308 g/mol. The molecule has 0 fully saturated rings. The second kappa shape index (κ2) is 6.32. The summed E-state index contributed by atoms with van der Waals surface area (Å²) in [6, 6.07) is 14.7. The zero-order valence-electron chi connectivity index (χ0n) is 14.7. The molecule has 0 saturated heterocycles. The Morgan fingerprint density at radius 2 is 2.08 bits per heavy atom. The minimum atomic E-state index is -0.112. The van der Waals surface area contributed by atoms with Crippen molar-refractivity contribution >= 4 is 11.4 Å². The fourth-order valence-corrected chi connectivity index (χ4v) is 3.83. The Morgan fingerprint density at radius 3 is 2.80 bits per heavy atom. The number of allylic oxidation sites excluding steroid dienone is 1. The maximum absolute atomic E-state index is 6.19. The summed E-state index contributed by atoms with van der Waals surface area (Å²) in [5, 5.41) is 0. The molecule has 0 bridgehead atoms. The topological polar surface area (TPSA) is 34.0 Å². The lowest BCUT2D eigenvalue weighted by molar-refractivity contribution is 0.206. The van der Waals surface area contributed by atoms with E-state index in [0.717, 1.165) is 41.1 Å². The fraction of sp³-hybridized carbons (Fsp3) is 0.273. The average molecular weight is 330 g/mol. The van der Waals surface area contributed by atoms with Crippen LogP contribution < -0.4 is 4.74 Å². The Hall–Kier alpha value is -2.68. The van der Waals surface area contributed by atoms with Crippen LogP contribution in [0.2, 0.25) is 0 Å². The van der Waals surface area contributed by atoms with Gasteiger partial charge in [-0.3, -0.25) is 4.99 Å². The lowest BCUT2D eigenvalue weighted by Crippen LogP contribution is -2.24. The second-order valence-corrected chi connectivity index (χ2v) is 6.61. The van der Waals surface area contributed by atoms with Crippen molar-refractivity contribution in [3.05, 3.63) is 77.4 Å². The molecule has 0 amide bonds. The molecule has 2 atom stereocenters. The van der Waals surface area contributed by atoms with Gasteiger partial charge >= 0.3 is 0 Å². The van der Waals surface area contributed by atoms with E-state index < -0.39 is 0 Å². The number of hydrogen-bond donors (Lipinski definition) is 0. The zero-order valence-corrected chi connectivity index (χ0v) is 14.7. The summed E-state index contributed by atoms with van der Waals surface area (Å²) in [4.78, 5) is 9.27. The van der Waals surface area contributed by atoms with Crippen LogP contribution in [0.25, 0.3) is 0 Å². The van der Waals surface area contributed by atoms with E-state index in [9.17, 15) is 0 Å². The summed E-state index contributed by atoms with van der Waals surface area (Å²) in [6.45, 7) is 5.98. The van der Waals surface area contributed by atoms with Crippen molar-refractivity contribution in [2.75, 3.05) is 7.05 Å². The Bertz CT molecular complexity index is 880. The summed E-state index contributed by atoms with van der Waals surface area (Å²) in [6.07, 6.45) is 3.74. The molecule has 0 aliphatic carbocycles. The Balaban J connectivity index is 1.70. The van der Waals surface area contributed by atoms with E-state index in [4.69, 9.17) is 9.73 Å². The van der Waals surface area contributed by atoms with Crippen molar-refractivity contribution in [2.45, 2.75) is 31.9 Å². The van der Waals surface area contributed by atoms with E-state index in [1.165, 1.54) is 11.1 Å². The lowest BCUT2D eigenvalue weighted by Gasteiger charge is -2.23. The van der Waals surface area contributed by atoms with Crippen LogP contribution >= 0.6 is 0 Å². The molecule has 0 aromatic heterocycles. The van der Waals surface area contributed by atoms with Gasteiger partial charge in [0, 0.05) is 29.8 Å². The molecule has 0 saturated carbocycles. The smallest absolute Gasteiger partial charge is 0.196 e. The second-order valence-electron chi connectivity index (χ2n) is 6.61. The van der Waals surface area contributed by atoms with Crippen LogP contribution in [0.1, 0.15) is 41.0 Å². The van der Waals surface area contributed by atoms with Gasteiger partial charge in [-0.2, -0.15) is 0 Å². The van der Waals surface area contributed by atoms with E-state index in [1.807, 2.05) is 12.1 Å².